The molecule has 0 unspecified atom stereocenters. The Kier molecular flexibility index (Phi) is 6.50. The molecule has 3 heterocycles. The lowest BCUT2D eigenvalue weighted by Crippen LogP contribution is -2.50. The van der Waals surface area contributed by atoms with Crippen molar-refractivity contribution in [3.63, 3.8) is 0 Å². The molecular weight excluding hydrogens is 539 g/mol. The Morgan fingerprint density at radius 2 is 1.53 bits per heavy atom. The van der Waals surface area contributed by atoms with Crippen LogP contribution in [0, 0.1) is 0 Å². The molecule has 2 amide bonds. The Labute approximate surface area is 214 Å². The summed E-state index contributed by atoms with van der Waals surface area (Å²) in [6.07, 6.45) is -3.57. The van der Waals surface area contributed by atoms with Gasteiger partial charge < -0.3 is 15.1 Å². The fourth-order valence-electron chi connectivity index (χ4n) is 4.68. The number of aromatic nitrogens is 2. The maximum absolute atomic E-state index is 14.0. The second-order valence-corrected chi connectivity index (χ2v) is 9.76. The van der Waals surface area contributed by atoms with Crippen LogP contribution in [0.2, 0.25) is 0 Å². The number of rotatable bonds is 3. The summed E-state index contributed by atoms with van der Waals surface area (Å²) in [6, 6.07) is 13.5. The van der Waals surface area contributed by atoms with Crippen LogP contribution >= 0.6 is 15.9 Å². The molecule has 0 spiro atoms. The molecule has 2 aromatic carbocycles. The first-order valence-electron chi connectivity index (χ1n) is 11.5. The Balaban J connectivity index is 1.35. The zero-order valence-electron chi connectivity index (χ0n) is 19.1. The van der Waals surface area contributed by atoms with Crippen LogP contribution in [0.15, 0.2) is 65.3 Å². The van der Waals surface area contributed by atoms with Gasteiger partial charge in [0.2, 0.25) is 0 Å². The largest absolute Gasteiger partial charge is 0.410 e. The normalized spacial score (nSPS) is 20.0. The summed E-state index contributed by atoms with van der Waals surface area (Å²) < 4.78 is 43.6. The van der Waals surface area contributed by atoms with Crippen molar-refractivity contribution in [2.45, 2.75) is 24.7 Å². The van der Waals surface area contributed by atoms with E-state index >= 15 is 0 Å². The zero-order chi connectivity index (χ0) is 25.4. The third-order valence-corrected chi connectivity index (χ3v) is 7.14. The molecule has 1 N–H and O–H groups in total. The number of hydrogen-bond donors (Lipinski definition) is 1. The lowest BCUT2D eigenvalue weighted by atomic mass is 9.96. The number of nitrogens with one attached hydrogen (secondary N) is 1. The molecule has 2 atom stereocenters. The first-order chi connectivity index (χ1) is 17.2. The van der Waals surface area contributed by atoms with Crippen molar-refractivity contribution in [1.82, 2.24) is 19.6 Å². The van der Waals surface area contributed by atoms with Crippen LogP contribution in [0.3, 0.4) is 0 Å². The van der Waals surface area contributed by atoms with Crippen LogP contribution in [-0.2, 0) is 0 Å². The average molecular weight is 562 g/mol. The van der Waals surface area contributed by atoms with Crippen molar-refractivity contribution in [1.29, 1.82) is 0 Å². The zero-order valence-corrected chi connectivity index (χ0v) is 20.7. The van der Waals surface area contributed by atoms with E-state index in [4.69, 9.17) is 0 Å². The van der Waals surface area contributed by atoms with Crippen molar-refractivity contribution < 1.29 is 22.8 Å². The lowest BCUT2D eigenvalue weighted by molar-refractivity contribution is -0.173. The fourth-order valence-corrected chi connectivity index (χ4v) is 4.94. The second-order valence-electron chi connectivity index (χ2n) is 8.84. The van der Waals surface area contributed by atoms with Crippen LogP contribution < -0.4 is 5.32 Å². The number of halogens is 4. The van der Waals surface area contributed by atoms with Gasteiger partial charge in [-0.25, -0.2) is 4.68 Å². The molecule has 5 rings (SSSR count). The van der Waals surface area contributed by atoms with E-state index in [1.54, 1.807) is 58.3 Å². The molecule has 1 saturated heterocycles. The van der Waals surface area contributed by atoms with Crippen LogP contribution in [-0.4, -0.2) is 63.7 Å². The quantitative estimate of drug-likeness (QED) is 0.493. The summed E-state index contributed by atoms with van der Waals surface area (Å²) in [5.74, 6) is -0.463. The predicted molar refractivity (Wildman–Crippen MR) is 131 cm³/mol. The number of nitrogens with zero attached hydrogens (tertiary/aromatic N) is 4. The molecule has 2 aliphatic heterocycles. The van der Waals surface area contributed by atoms with Gasteiger partial charge >= 0.3 is 6.18 Å². The van der Waals surface area contributed by atoms with Crippen molar-refractivity contribution in [3.05, 3.63) is 82.0 Å². The Morgan fingerprint density at radius 3 is 2.14 bits per heavy atom. The van der Waals surface area contributed by atoms with Crippen LogP contribution in [0.1, 0.15) is 44.8 Å². The van der Waals surface area contributed by atoms with Crippen LogP contribution in [0.4, 0.5) is 19.0 Å². The molecule has 1 fully saturated rings. The maximum Gasteiger partial charge on any atom is 0.410 e. The standard InChI is InChI=1S/C25H23BrF3N5O2/c26-18-8-6-16(7-9-18)20-14-21(25(27,28)29)34-22(31-20)19(15-30-34)24(36)33-12-10-32(11-13-33)23(35)17-4-2-1-3-5-17/h1-9,15,20-21,31H,10-14H2/t20-,21+/m0/s1. The van der Waals surface area contributed by atoms with E-state index in [0.717, 1.165) is 9.15 Å². The average Bonchev–Trinajstić information content (AvgIpc) is 3.31. The van der Waals surface area contributed by atoms with Gasteiger partial charge in [0.05, 0.1) is 12.2 Å². The molecule has 2 aliphatic rings. The van der Waals surface area contributed by atoms with Gasteiger partial charge in [0.25, 0.3) is 11.8 Å². The monoisotopic (exact) mass is 561 g/mol. The summed E-state index contributed by atoms with van der Waals surface area (Å²) in [7, 11) is 0. The molecule has 188 valence electrons. The minimum atomic E-state index is -4.53. The summed E-state index contributed by atoms with van der Waals surface area (Å²) >= 11 is 3.34. The van der Waals surface area contributed by atoms with E-state index in [9.17, 15) is 22.8 Å². The van der Waals surface area contributed by atoms with Crippen molar-refractivity contribution >= 4 is 33.6 Å². The molecule has 36 heavy (non-hydrogen) atoms. The highest BCUT2D eigenvalue weighted by molar-refractivity contribution is 9.10. The number of carbonyl (C=O) groups excluding carboxylic acids is 2. The number of benzene rings is 2. The Hall–Kier alpha value is -3.34. The minimum absolute atomic E-state index is 0.0595. The van der Waals surface area contributed by atoms with E-state index in [-0.39, 0.29) is 36.8 Å². The number of anilines is 1. The van der Waals surface area contributed by atoms with Gasteiger partial charge in [0.15, 0.2) is 6.04 Å². The number of hydrogen-bond acceptors (Lipinski definition) is 4. The number of carbonyl (C=O) groups is 2. The summed E-state index contributed by atoms with van der Waals surface area (Å²) in [6.45, 7) is 1.23. The molecule has 11 heteroatoms. The third kappa shape index (κ3) is 4.71. The van der Waals surface area contributed by atoms with Gasteiger partial charge in [0, 0.05) is 42.6 Å². The third-order valence-electron chi connectivity index (χ3n) is 6.62. The van der Waals surface area contributed by atoms with Crippen molar-refractivity contribution in [2.24, 2.45) is 0 Å². The predicted octanol–water partition coefficient (Wildman–Crippen LogP) is 4.90. The van der Waals surface area contributed by atoms with Crippen molar-refractivity contribution in [3.8, 4) is 0 Å². The van der Waals surface area contributed by atoms with Gasteiger partial charge in [-0.05, 0) is 29.8 Å². The summed E-state index contributed by atoms with van der Waals surface area (Å²) in [5, 5.41) is 7.09. The lowest BCUT2D eigenvalue weighted by Gasteiger charge is -2.36. The van der Waals surface area contributed by atoms with E-state index in [1.165, 1.54) is 6.20 Å². The van der Waals surface area contributed by atoms with Crippen LogP contribution in [0.5, 0.6) is 0 Å². The molecule has 0 radical (unpaired) electrons. The van der Waals surface area contributed by atoms with E-state index in [0.29, 0.717) is 24.2 Å². The molecule has 0 saturated carbocycles. The SMILES string of the molecule is O=C(c1ccccc1)N1CCN(C(=O)c2cnn3c2N[C@H](c2ccc(Br)cc2)C[C@@H]3C(F)(F)F)CC1. The van der Waals surface area contributed by atoms with E-state index in [1.807, 2.05) is 6.07 Å². The van der Waals surface area contributed by atoms with Crippen molar-refractivity contribution in [2.75, 3.05) is 31.5 Å². The highest BCUT2D eigenvalue weighted by Crippen LogP contribution is 2.44. The molecule has 0 bridgehead atoms. The molecule has 0 aliphatic carbocycles. The molecule has 7 nitrogen and oxygen atoms in total. The number of alkyl halides is 3. The van der Waals surface area contributed by atoms with E-state index in [2.05, 4.69) is 26.3 Å². The maximum atomic E-state index is 14.0. The smallest absolute Gasteiger partial charge is 0.363 e. The second kappa shape index (κ2) is 9.61. The summed E-state index contributed by atoms with van der Waals surface area (Å²) in [4.78, 5) is 29.3. The minimum Gasteiger partial charge on any atom is -0.363 e. The number of piperazine rings is 1. The van der Waals surface area contributed by atoms with E-state index < -0.39 is 24.2 Å². The highest BCUT2D eigenvalue weighted by atomic mass is 79.9. The fraction of sp³-hybridized carbons (Fsp3) is 0.320. The van der Waals surface area contributed by atoms with Gasteiger partial charge in [-0.3, -0.25) is 9.59 Å². The molecular formula is C25H23BrF3N5O2. The van der Waals surface area contributed by atoms with Crippen LogP contribution in [0.25, 0.3) is 0 Å². The topological polar surface area (TPSA) is 70.5 Å². The van der Waals surface area contributed by atoms with Gasteiger partial charge in [0.1, 0.15) is 11.4 Å². The van der Waals surface area contributed by atoms with Gasteiger partial charge in [-0.15, -0.1) is 0 Å². The Morgan fingerprint density at radius 1 is 0.917 bits per heavy atom. The molecule has 1 aromatic heterocycles. The molecule has 3 aromatic rings. The number of fused-ring (bicyclic) bond motifs is 1. The van der Waals surface area contributed by atoms with Gasteiger partial charge in [-0.1, -0.05) is 46.3 Å². The summed E-state index contributed by atoms with van der Waals surface area (Å²) in [5.41, 5.74) is 1.35. The first kappa shape index (κ1) is 24.4. The first-order valence-corrected chi connectivity index (χ1v) is 12.3. The number of amides is 2. The Bertz CT molecular complexity index is 1250. The van der Waals surface area contributed by atoms with Gasteiger partial charge in [-0.2, -0.15) is 18.3 Å². The highest BCUT2D eigenvalue weighted by Gasteiger charge is 2.47.